The quantitative estimate of drug-likeness (QED) is 0.811. The van der Waals surface area contributed by atoms with Crippen LogP contribution >= 0.6 is 0 Å². The van der Waals surface area contributed by atoms with E-state index >= 15 is 0 Å². The van der Waals surface area contributed by atoms with Crippen molar-refractivity contribution < 1.29 is 17.9 Å². The van der Waals surface area contributed by atoms with E-state index in [0.717, 1.165) is 6.26 Å². The number of aromatic nitrogens is 1. The van der Waals surface area contributed by atoms with E-state index in [0.29, 0.717) is 10.9 Å². The van der Waals surface area contributed by atoms with Gasteiger partial charge in [-0.05, 0) is 26.8 Å². The lowest BCUT2D eigenvalue weighted by molar-refractivity contribution is 0.0544. The fourth-order valence-electron chi connectivity index (χ4n) is 1.91. The van der Waals surface area contributed by atoms with Gasteiger partial charge >= 0.3 is 6.09 Å². The zero-order valence-corrected chi connectivity index (χ0v) is 12.7. The first-order valence-electron chi connectivity index (χ1n) is 6.13. The molecule has 1 aromatic heterocycles. The van der Waals surface area contributed by atoms with Gasteiger partial charge in [-0.1, -0.05) is 18.2 Å². The van der Waals surface area contributed by atoms with Crippen molar-refractivity contribution in [3.05, 3.63) is 30.5 Å². The first-order valence-corrected chi connectivity index (χ1v) is 8.02. The molecule has 0 bridgehead atoms. The Hall–Kier alpha value is -1.82. The number of nitrogens with zero attached hydrogens (tertiary/aromatic N) is 1. The Bertz CT molecular complexity index is 766. The van der Waals surface area contributed by atoms with Crippen LogP contribution in [0.4, 0.5) is 4.79 Å². The molecule has 0 aliphatic carbocycles. The molecule has 0 spiro atoms. The molecule has 1 aromatic carbocycles. The van der Waals surface area contributed by atoms with Gasteiger partial charge in [0.1, 0.15) is 5.60 Å². The maximum atomic E-state index is 12.2. The van der Waals surface area contributed by atoms with Crippen molar-refractivity contribution in [1.29, 1.82) is 0 Å². The molecule has 2 rings (SSSR count). The number of rotatable bonds is 1. The third kappa shape index (κ3) is 2.85. The molecule has 5 nitrogen and oxygen atoms in total. The largest absolute Gasteiger partial charge is 0.443 e. The average molecular weight is 295 g/mol. The molecule has 0 fully saturated rings. The number of fused-ring (bicyclic) bond motifs is 1. The van der Waals surface area contributed by atoms with Crippen LogP contribution in [0.25, 0.3) is 10.9 Å². The number of hydrogen-bond donors (Lipinski definition) is 0. The summed E-state index contributed by atoms with van der Waals surface area (Å²) >= 11 is 0. The topological polar surface area (TPSA) is 65.4 Å². The molecule has 0 aliphatic heterocycles. The molecule has 108 valence electrons. The summed E-state index contributed by atoms with van der Waals surface area (Å²) in [6.07, 6.45) is 1.84. The molecule has 0 atom stereocenters. The molecular formula is C14H17NO4S. The van der Waals surface area contributed by atoms with Gasteiger partial charge in [-0.3, -0.25) is 4.57 Å². The zero-order chi connectivity index (χ0) is 15.1. The molecule has 1 heterocycles. The summed E-state index contributed by atoms with van der Waals surface area (Å²) in [6, 6.07) is 6.84. The van der Waals surface area contributed by atoms with Crippen LogP contribution in [0.2, 0.25) is 0 Å². The summed E-state index contributed by atoms with van der Waals surface area (Å²) in [6.45, 7) is 5.27. The molecule has 20 heavy (non-hydrogen) atoms. The van der Waals surface area contributed by atoms with E-state index in [-0.39, 0.29) is 4.90 Å². The standard InChI is InChI=1S/C14H17NO4S/c1-14(2,3)19-13(16)15-9-12(20(4,17)18)10-7-5-6-8-11(10)15/h5-9H,1-4H3. The van der Waals surface area contributed by atoms with Crippen LogP contribution in [0.3, 0.4) is 0 Å². The van der Waals surface area contributed by atoms with E-state index in [9.17, 15) is 13.2 Å². The second-order valence-corrected chi connectivity index (χ2v) is 7.62. The van der Waals surface area contributed by atoms with E-state index in [1.807, 2.05) is 0 Å². The first-order chi connectivity index (χ1) is 9.09. The van der Waals surface area contributed by atoms with Crippen LogP contribution in [0, 0.1) is 0 Å². The Balaban J connectivity index is 2.64. The van der Waals surface area contributed by atoms with Gasteiger partial charge in [0.05, 0.1) is 10.4 Å². The number of carbonyl (C=O) groups excluding carboxylic acids is 1. The molecule has 0 unspecified atom stereocenters. The number of benzene rings is 1. The van der Waals surface area contributed by atoms with Crippen LogP contribution in [-0.4, -0.2) is 30.9 Å². The molecule has 0 saturated carbocycles. The van der Waals surface area contributed by atoms with Crippen LogP contribution in [-0.2, 0) is 14.6 Å². The van der Waals surface area contributed by atoms with E-state index in [1.54, 1.807) is 45.0 Å². The average Bonchev–Trinajstić information content (AvgIpc) is 2.65. The van der Waals surface area contributed by atoms with Crippen molar-refractivity contribution in [1.82, 2.24) is 4.57 Å². The third-order valence-electron chi connectivity index (χ3n) is 2.67. The van der Waals surface area contributed by atoms with Gasteiger partial charge in [0.2, 0.25) is 0 Å². The first kappa shape index (κ1) is 14.6. The smallest absolute Gasteiger partial charge is 0.419 e. The highest BCUT2D eigenvalue weighted by molar-refractivity contribution is 7.91. The Morgan fingerprint density at radius 3 is 2.35 bits per heavy atom. The highest BCUT2D eigenvalue weighted by Gasteiger charge is 2.23. The van der Waals surface area contributed by atoms with Crippen molar-refractivity contribution in [2.24, 2.45) is 0 Å². The lowest BCUT2D eigenvalue weighted by Gasteiger charge is -2.19. The van der Waals surface area contributed by atoms with E-state index < -0.39 is 21.5 Å². The van der Waals surface area contributed by atoms with E-state index in [1.165, 1.54) is 10.8 Å². The molecule has 0 N–H and O–H groups in total. The van der Waals surface area contributed by atoms with Gasteiger partial charge < -0.3 is 4.74 Å². The Morgan fingerprint density at radius 2 is 1.80 bits per heavy atom. The fraction of sp³-hybridized carbons (Fsp3) is 0.357. The lowest BCUT2D eigenvalue weighted by atomic mass is 10.2. The Labute approximate surface area is 118 Å². The number of hydrogen-bond acceptors (Lipinski definition) is 4. The van der Waals surface area contributed by atoms with Crippen molar-refractivity contribution in [2.45, 2.75) is 31.3 Å². The maximum absolute atomic E-state index is 12.2. The van der Waals surface area contributed by atoms with Gasteiger partial charge in [-0.25, -0.2) is 13.2 Å². The molecule has 0 aliphatic rings. The monoisotopic (exact) mass is 295 g/mol. The molecule has 2 aromatic rings. The minimum Gasteiger partial charge on any atom is -0.443 e. The zero-order valence-electron chi connectivity index (χ0n) is 11.9. The fourth-order valence-corrected chi connectivity index (χ4v) is 2.78. The van der Waals surface area contributed by atoms with Gasteiger partial charge in [0, 0.05) is 17.8 Å². The lowest BCUT2D eigenvalue weighted by Crippen LogP contribution is -2.26. The predicted molar refractivity (Wildman–Crippen MR) is 76.7 cm³/mol. The highest BCUT2D eigenvalue weighted by atomic mass is 32.2. The van der Waals surface area contributed by atoms with Crippen molar-refractivity contribution in [3.63, 3.8) is 0 Å². The maximum Gasteiger partial charge on any atom is 0.419 e. The SMILES string of the molecule is CC(C)(C)OC(=O)n1cc(S(C)(=O)=O)c2ccccc21. The van der Waals surface area contributed by atoms with Crippen LogP contribution < -0.4 is 0 Å². The summed E-state index contributed by atoms with van der Waals surface area (Å²) in [7, 11) is -3.41. The number of carbonyl (C=O) groups is 1. The normalized spacial score (nSPS) is 12.6. The Morgan fingerprint density at radius 1 is 1.20 bits per heavy atom. The number of sulfone groups is 1. The van der Waals surface area contributed by atoms with Crippen LogP contribution in [0.5, 0.6) is 0 Å². The second-order valence-electron chi connectivity index (χ2n) is 5.63. The van der Waals surface area contributed by atoms with Crippen molar-refractivity contribution in [2.75, 3.05) is 6.26 Å². The number of para-hydroxylation sites is 1. The van der Waals surface area contributed by atoms with Gasteiger partial charge in [-0.2, -0.15) is 0 Å². The minimum atomic E-state index is -3.41. The number of ether oxygens (including phenoxy) is 1. The molecule has 6 heteroatoms. The van der Waals surface area contributed by atoms with E-state index in [4.69, 9.17) is 4.74 Å². The summed E-state index contributed by atoms with van der Waals surface area (Å²) in [5.41, 5.74) is -0.129. The summed E-state index contributed by atoms with van der Waals surface area (Å²) in [5, 5.41) is 0.515. The van der Waals surface area contributed by atoms with Gasteiger partial charge in [-0.15, -0.1) is 0 Å². The molecule has 0 radical (unpaired) electrons. The van der Waals surface area contributed by atoms with Crippen LogP contribution in [0.15, 0.2) is 35.4 Å². The summed E-state index contributed by atoms with van der Waals surface area (Å²) in [5.74, 6) is 0. The predicted octanol–water partition coefficient (Wildman–Crippen LogP) is 2.83. The minimum absolute atomic E-state index is 0.124. The van der Waals surface area contributed by atoms with E-state index in [2.05, 4.69) is 0 Å². The molecule has 0 amide bonds. The second kappa shape index (κ2) is 4.63. The third-order valence-corrected chi connectivity index (χ3v) is 3.79. The van der Waals surface area contributed by atoms with Gasteiger partial charge in [0.15, 0.2) is 9.84 Å². The molecular weight excluding hydrogens is 278 g/mol. The van der Waals surface area contributed by atoms with Gasteiger partial charge in [0.25, 0.3) is 0 Å². The highest BCUT2D eigenvalue weighted by Crippen LogP contribution is 2.26. The van der Waals surface area contributed by atoms with Crippen LogP contribution in [0.1, 0.15) is 20.8 Å². The van der Waals surface area contributed by atoms with Crippen molar-refractivity contribution in [3.8, 4) is 0 Å². The Kier molecular flexibility index (Phi) is 3.37. The molecule has 0 saturated heterocycles. The van der Waals surface area contributed by atoms with Crippen molar-refractivity contribution >= 4 is 26.8 Å². The summed E-state index contributed by atoms with van der Waals surface area (Å²) in [4.78, 5) is 12.3. The summed E-state index contributed by atoms with van der Waals surface area (Å²) < 4.78 is 30.1.